The van der Waals surface area contributed by atoms with Crippen molar-refractivity contribution in [2.24, 2.45) is 5.41 Å². The predicted molar refractivity (Wildman–Crippen MR) is 106 cm³/mol. The van der Waals surface area contributed by atoms with E-state index in [0.717, 1.165) is 18.2 Å². The van der Waals surface area contributed by atoms with E-state index in [9.17, 15) is 30.6 Å². The maximum Gasteiger partial charge on any atom is 0.416 e. The van der Waals surface area contributed by atoms with E-state index in [0.29, 0.717) is 0 Å². The van der Waals surface area contributed by atoms with Crippen molar-refractivity contribution >= 4 is 21.9 Å². The molecule has 0 unspecified atom stereocenters. The van der Waals surface area contributed by atoms with Gasteiger partial charge in [-0.05, 0) is 38.3 Å². The summed E-state index contributed by atoms with van der Waals surface area (Å²) < 4.78 is 96.3. The molecule has 1 aromatic carbocycles. The van der Waals surface area contributed by atoms with Crippen LogP contribution in [0.25, 0.3) is 10.9 Å². The lowest BCUT2D eigenvalue weighted by atomic mass is 9.97. The summed E-state index contributed by atoms with van der Waals surface area (Å²) in [5, 5.41) is 0.0352. The van der Waals surface area contributed by atoms with E-state index < -0.39 is 45.1 Å². The molecule has 10 heteroatoms. The Balaban J connectivity index is 2.72. The number of hydrogen-bond donors (Lipinski definition) is 1. The highest BCUT2D eigenvalue weighted by Crippen LogP contribution is 2.40. The first kappa shape index (κ1) is 24.7. The van der Waals surface area contributed by atoms with Crippen molar-refractivity contribution in [2.45, 2.75) is 71.2 Å². The maximum absolute atomic E-state index is 13.9. The van der Waals surface area contributed by atoms with Crippen molar-refractivity contribution in [1.82, 2.24) is 9.29 Å². The van der Waals surface area contributed by atoms with E-state index in [2.05, 4.69) is 4.72 Å². The van der Waals surface area contributed by atoms with Crippen molar-refractivity contribution in [3.63, 3.8) is 0 Å². The van der Waals surface area contributed by atoms with E-state index in [-0.39, 0.29) is 23.0 Å². The van der Waals surface area contributed by atoms with Crippen LogP contribution in [-0.4, -0.2) is 19.7 Å². The normalized spacial score (nSPS) is 16.1. The van der Waals surface area contributed by atoms with Crippen molar-refractivity contribution in [3.8, 4) is 0 Å². The molecule has 0 saturated carbocycles. The molecular formula is C20H26F6N2OS. The van der Waals surface area contributed by atoms with Crippen LogP contribution < -0.4 is 4.72 Å². The molecule has 2 rings (SSSR count). The minimum Gasteiger partial charge on any atom is -0.347 e. The van der Waals surface area contributed by atoms with Gasteiger partial charge in [-0.25, -0.2) is 8.93 Å². The first-order chi connectivity index (χ1) is 13.3. The van der Waals surface area contributed by atoms with Crippen molar-refractivity contribution < 1.29 is 30.6 Å². The SMILES string of the molecule is CC(C)(C)Cn1cc([C@H](N[S@@](=O)C(C)(C)C)C(F)(F)F)c2ccc(C(F)(F)F)cc21. The summed E-state index contributed by atoms with van der Waals surface area (Å²) in [6.07, 6.45) is -8.22. The minimum atomic E-state index is -4.80. The number of alkyl halides is 6. The van der Waals surface area contributed by atoms with E-state index in [1.165, 1.54) is 31.5 Å². The lowest BCUT2D eigenvalue weighted by Crippen LogP contribution is -2.41. The van der Waals surface area contributed by atoms with Crippen LogP contribution in [0.1, 0.15) is 58.7 Å². The number of hydrogen-bond acceptors (Lipinski definition) is 1. The Bertz CT molecular complexity index is 932. The van der Waals surface area contributed by atoms with E-state index in [1.54, 1.807) is 0 Å². The second-order valence-electron chi connectivity index (χ2n) is 9.48. The number of nitrogens with zero attached hydrogens (tertiary/aromatic N) is 1. The van der Waals surface area contributed by atoms with Crippen LogP contribution in [0.2, 0.25) is 0 Å². The average molecular weight is 456 g/mol. The molecule has 1 N–H and O–H groups in total. The molecule has 2 aromatic rings. The Hall–Kier alpha value is -1.55. The molecule has 30 heavy (non-hydrogen) atoms. The molecule has 1 aromatic heterocycles. The van der Waals surface area contributed by atoms with Gasteiger partial charge in [0, 0.05) is 29.2 Å². The molecule has 170 valence electrons. The highest BCUT2D eigenvalue weighted by molar-refractivity contribution is 7.84. The molecular weight excluding hydrogens is 430 g/mol. The molecule has 0 fully saturated rings. The van der Waals surface area contributed by atoms with Gasteiger partial charge in [0.2, 0.25) is 0 Å². The topological polar surface area (TPSA) is 34.0 Å². The smallest absolute Gasteiger partial charge is 0.347 e. The summed E-state index contributed by atoms with van der Waals surface area (Å²) in [5.41, 5.74) is -1.54. The van der Waals surface area contributed by atoms with Gasteiger partial charge in [0.1, 0.15) is 6.04 Å². The zero-order chi connectivity index (χ0) is 23.3. The summed E-state index contributed by atoms with van der Waals surface area (Å²) in [4.78, 5) is 0. The summed E-state index contributed by atoms with van der Waals surface area (Å²) in [5.74, 6) is 0. The standard InChI is InChI=1S/C20H26F6N2OS/c1-17(2,3)11-28-10-14(13-8-7-12(9-15(13)28)19(21,22)23)16(20(24,25)26)27-30(29)18(4,5)6/h7-10,16,27H,11H2,1-6H3/t16-,30-/m0/s1. The third-order valence-corrected chi connectivity index (χ3v) is 5.87. The molecule has 0 aliphatic carbocycles. The van der Waals surface area contributed by atoms with Gasteiger partial charge in [-0.1, -0.05) is 26.8 Å². The van der Waals surface area contributed by atoms with E-state index >= 15 is 0 Å². The van der Waals surface area contributed by atoms with Gasteiger partial charge in [-0.15, -0.1) is 0 Å². The maximum atomic E-state index is 13.9. The zero-order valence-corrected chi connectivity index (χ0v) is 18.4. The first-order valence-electron chi connectivity index (χ1n) is 9.25. The monoisotopic (exact) mass is 456 g/mol. The fourth-order valence-corrected chi connectivity index (χ4v) is 3.79. The van der Waals surface area contributed by atoms with Gasteiger partial charge in [0.05, 0.1) is 21.3 Å². The number of aromatic nitrogens is 1. The first-order valence-corrected chi connectivity index (χ1v) is 10.4. The van der Waals surface area contributed by atoms with Crippen molar-refractivity contribution in [3.05, 3.63) is 35.5 Å². The van der Waals surface area contributed by atoms with Crippen LogP contribution in [0.3, 0.4) is 0 Å². The third-order valence-electron chi connectivity index (χ3n) is 4.30. The third kappa shape index (κ3) is 5.78. The number of benzene rings is 1. The van der Waals surface area contributed by atoms with Gasteiger partial charge >= 0.3 is 12.4 Å². The molecule has 2 atom stereocenters. The number of halogens is 6. The summed E-state index contributed by atoms with van der Waals surface area (Å²) in [6, 6.07) is 0.380. The highest BCUT2D eigenvalue weighted by Gasteiger charge is 2.44. The molecule has 0 aliphatic rings. The summed E-state index contributed by atoms with van der Waals surface area (Å²) in [7, 11) is -2.04. The number of fused-ring (bicyclic) bond motifs is 1. The molecule has 1 heterocycles. The van der Waals surface area contributed by atoms with Crippen LogP contribution >= 0.6 is 0 Å². The highest BCUT2D eigenvalue weighted by atomic mass is 32.2. The quantitative estimate of drug-likeness (QED) is 0.534. The lowest BCUT2D eigenvalue weighted by molar-refractivity contribution is -0.152. The van der Waals surface area contributed by atoms with Gasteiger partial charge in [0.25, 0.3) is 0 Å². The lowest BCUT2D eigenvalue weighted by Gasteiger charge is -2.26. The minimum absolute atomic E-state index is 0.0352. The van der Waals surface area contributed by atoms with Crippen LogP contribution in [-0.2, 0) is 23.7 Å². The average Bonchev–Trinajstić information content (AvgIpc) is 2.85. The molecule has 0 radical (unpaired) electrons. The Labute approximate surface area is 174 Å². The van der Waals surface area contributed by atoms with Crippen LogP contribution in [0.4, 0.5) is 26.3 Å². The van der Waals surface area contributed by atoms with Crippen LogP contribution in [0, 0.1) is 5.41 Å². The molecule has 0 amide bonds. The van der Waals surface area contributed by atoms with Crippen molar-refractivity contribution in [1.29, 1.82) is 0 Å². The number of nitrogens with one attached hydrogen (secondary N) is 1. The van der Waals surface area contributed by atoms with Crippen LogP contribution in [0.5, 0.6) is 0 Å². The van der Waals surface area contributed by atoms with Gasteiger partial charge in [-0.3, -0.25) is 0 Å². The van der Waals surface area contributed by atoms with Gasteiger partial charge in [0.15, 0.2) is 0 Å². The molecule has 0 bridgehead atoms. The zero-order valence-electron chi connectivity index (χ0n) is 17.6. The summed E-state index contributed by atoms with van der Waals surface area (Å²) in [6.45, 7) is 10.3. The largest absolute Gasteiger partial charge is 0.416 e. The van der Waals surface area contributed by atoms with Crippen molar-refractivity contribution in [2.75, 3.05) is 0 Å². The molecule has 0 saturated heterocycles. The molecule has 0 aliphatic heterocycles. The second-order valence-corrected chi connectivity index (χ2v) is 11.5. The molecule has 0 spiro atoms. The second kappa shape index (κ2) is 7.85. The Morgan fingerprint density at radius 1 is 1.00 bits per heavy atom. The summed E-state index contributed by atoms with van der Waals surface area (Å²) >= 11 is 0. The van der Waals surface area contributed by atoms with E-state index in [4.69, 9.17) is 0 Å². The van der Waals surface area contributed by atoms with Crippen LogP contribution in [0.15, 0.2) is 24.4 Å². The Morgan fingerprint density at radius 2 is 1.57 bits per heavy atom. The predicted octanol–water partition coefficient (Wildman–Crippen LogP) is 6.36. The fraction of sp³-hybridized carbons (Fsp3) is 0.600. The molecule has 3 nitrogen and oxygen atoms in total. The number of rotatable bonds is 4. The Kier molecular flexibility index (Phi) is 6.47. The van der Waals surface area contributed by atoms with Gasteiger partial charge in [-0.2, -0.15) is 26.3 Å². The fourth-order valence-electron chi connectivity index (χ4n) is 2.96. The van der Waals surface area contributed by atoms with E-state index in [1.807, 2.05) is 20.8 Å². The Morgan fingerprint density at radius 3 is 2.00 bits per heavy atom. The van der Waals surface area contributed by atoms with Gasteiger partial charge < -0.3 is 4.57 Å².